The fourth-order valence-corrected chi connectivity index (χ4v) is 2.32. The first kappa shape index (κ1) is 12.7. The number of hydrogen-bond donors (Lipinski definition) is 1. The summed E-state index contributed by atoms with van der Waals surface area (Å²) in [4.78, 5) is 14.1. The molecular formula is C13H16N6O. The van der Waals surface area contributed by atoms with E-state index in [9.17, 15) is 4.79 Å². The van der Waals surface area contributed by atoms with Crippen molar-refractivity contribution in [2.24, 2.45) is 0 Å². The Hall–Kier alpha value is -2.28. The van der Waals surface area contributed by atoms with Crippen molar-refractivity contribution in [2.45, 2.75) is 12.8 Å². The lowest BCUT2D eigenvalue weighted by Crippen LogP contribution is -2.30. The van der Waals surface area contributed by atoms with Crippen LogP contribution in [0.4, 0.5) is 5.69 Å². The molecule has 1 aliphatic rings. The molecule has 1 amide bonds. The van der Waals surface area contributed by atoms with Crippen molar-refractivity contribution in [1.82, 2.24) is 25.1 Å². The van der Waals surface area contributed by atoms with E-state index in [1.54, 1.807) is 4.68 Å². The molecule has 0 atom stereocenters. The maximum Gasteiger partial charge on any atom is 0.238 e. The lowest BCUT2D eigenvalue weighted by Gasteiger charge is -2.14. The first-order valence-corrected chi connectivity index (χ1v) is 6.67. The lowest BCUT2D eigenvalue weighted by atomic mass is 10.3. The number of tetrazole rings is 1. The van der Waals surface area contributed by atoms with Crippen LogP contribution in [-0.2, 0) is 4.79 Å². The number of likely N-dealkylation sites (tertiary alicyclic amines) is 1. The quantitative estimate of drug-likeness (QED) is 0.886. The molecule has 1 saturated heterocycles. The van der Waals surface area contributed by atoms with Crippen molar-refractivity contribution in [3.8, 4) is 5.69 Å². The van der Waals surface area contributed by atoms with Crippen molar-refractivity contribution in [1.29, 1.82) is 0 Å². The van der Waals surface area contributed by atoms with Gasteiger partial charge in [0.25, 0.3) is 0 Å². The van der Waals surface area contributed by atoms with Gasteiger partial charge in [-0.05, 0) is 60.6 Å². The van der Waals surface area contributed by atoms with Crippen molar-refractivity contribution >= 4 is 11.6 Å². The first-order chi connectivity index (χ1) is 9.81. The van der Waals surface area contributed by atoms with Gasteiger partial charge in [0.05, 0.1) is 12.2 Å². The Bertz CT molecular complexity index is 559. The molecule has 20 heavy (non-hydrogen) atoms. The minimum Gasteiger partial charge on any atom is -0.325 e. The summed E-state index contributed by atoms with van der Waals surface area (Å²) in [6.45, 7) is 2.51. The predicted molar refractivity (Wildman–Crippen MR) is 73.5 cm³/mol. The largest absolute Gasteiger partial charge is 0.325 e. The summed E-state index contributed by atoms with van der Waals surface area (Å²) in [6.07, 6.45) is 3.91. The SMILES string of the molecule is O=C(CN1CCCC1)Nc1ccc(-n2cnnn2)cc1. The number of hydrogen-bond acceptors (Lipinski definition) is 5. The smallest absolute Gasteiger partial charge is 0.238 e. The summed E-state index contributed by atoms with van der Waals surface area (Å²) in [5.74, 6) is 0.0297. The average molecular weight is 272 g/mol. The van der Waals surface area contributed by atoms with Crippen LogP contribution in [0.15, 0.2) is 30.6 Å². The van der Waals surface area contributed by atoms with E-state index < -0.39 is 0 Å². The molecule has 2 aromatic rings. The molecule has 1 aliphatic heterocycles. The highest BCUT2D eigenvalue weighted by Crippen LogP contribution is 2.12. The third kappa shape index (κ3) is 3.00. The second-order valence-corrected chi connectivity index (χ2v) is 4.83. The Morgan fingerprint density at radius 1 is 1.20 bits per heavy atom. The van der Waals surface area contributed by atoms with Crippen molar-refractivity contribution in [3.63, 3.8) is 0 Å². The number of rotatable bonds is 4. The number of carbonyl (C=O) groups is 1. The highest BCUT2D eigenvalue weighted by atomic mass is 16.2. The Kier molecular flexibility index (Phi) is 3.69. The van der Waals surface area contributed by atoms with Gasteiger partial charge in [0.2, 0.25) is 5.91 Å². The van der Waals surface area contributed by atoms with Gasteiger partial charge in [-0.3, -0.25) is 9.69 Å². The summed E-state index contributed by atoms with van der Waals surface area (Å²) in [6, 6.07) is 7.42. The maximum atomic E-state index is 11.9. The zero-order valence-corrected chi connectivity index (χ0v) is 11.1. The minimum absolute atomic E-state index is 0.0297. The number of nitrogens with zero attached hydrogens (tertiary/aromatic N) is 5. The number of aromatic nitrogens is 4. The summed E-state index contributed by atoms with van der Waals surface area (Å²) < 4.78 is 1.57. The van der Waals surface area contributed by atoms with Crippen LogP contribution in [0.25, 0.3) is 5.69 Å². The molecule has 0 radical (unpaired) electrons. The molecule has 1 aromatic carbocycles. The third-order valence-electron chi connectivity index (χ3n) is 3.33. The molecule has 0 bridgehead atoms. The van der Waals surface area contributed by atoms with Gasteiger partial charge in [-0.15, -0.1) is 5.10 Å². The molecule has 1 fully saturated rings. The van der Waals surface area contributed by atoms with Crippen LogP contribution in [0.5, 0.6) is 0 Å². The molecule has 0 saturated carbocycles. The maximum absolute atomic E-state index is 11.9. The number of amides is 1. The number of carbonyl (C=O) groups excluding carboxylic acids is 1. The van der Waals surface area contributed by atoms with E-state index in [1.165, 1.54) is 19.2 Å². The Labute approximate surface area is 116 Å². The summed E-state index contributed by atoms with van der Waals surface area (Å²) in [5, 5.41) is 13.9. The molecule has 3 rings (SSSR count). The Balaban J connectivity index is 1.59. The van der Waals surface area contributed by atoms with Crippen LogP contribution >= 0.6 is 0 Å². The van der Waals surface area contributed by atoms with Crippen LogP contribution in [0.3, 0.4) is 0 Å². The third-order valence-corrected chi connectivity index (χ3v) is 3.33. The topological polar surface area (TPSA) is 75.9 Å². The summed E-state index contributed by atoms with van der Waals surface area (Å²) in [7, 11) is 0. The molecule has 104 valence electrons. The molecule has 2 heterocycles. The molecule has 0 spiro atoms. The van der Waals surface area contributed by atoms with E-state index in [4.69, 9.17) is 0 Å². The fourth-order valence-electron chi connectivity index (χ4n) is 2.32. The average Bonchev–Trinajstić information content (AvgIpc) is 3.12. The van der Waals surface area contributed by atoms with Crippen molar-refractivity contribution in [2.75, 3.05) is 25.0 Å². The fraction of sp³-hybridized carbons (Fsp3) is 0.385. The second kappa shape index (κ2) is 5.79. The summed E-state index contributed by atoms with van der Waals surface area (Å²) >= 11 is 0. The predicted octanol–water partition coefficient (Wildman–Crippen LogP) is 0.697. The van der Waals surface area contributed by atoms with Gasteiger partial charge in [0, 0.05) is 5.69 Å². The highest BCUT2D eigenvalue weighted by molar-refractivity contribution is 5.92. The van der Waals surface area contributed by atoms with E-state index in [1.807, 2.05) is 24.3 Å². The van der Waals surface area contributed by atoms with Crippen LogP contribution in [0.2, 0.25) is 0 Å². The van der Waals surface area contributed by atoms with Crippen LogP contribution < -0.4 is 5.32 Å². The molecule has 1 N–H and O–H groups in total. The van der Waals surface area contributed by atoms with Gasteiger partial charge in [0.1, 0.15) is 6.33 Å². The Morgan fingerprint density at radius 2 is 1.95 bits per heavy atom. The van der Waals surface area contributed by atoms with Gasteiger partial charge >= 0.3 is 0 Å². The van der Waals surface area contributed by atoms with Crippen molar-refractivity contribution < 1.29 is 4.79 Å². The van der Waals surface area contributed by atoms with Gasteiger partial charge in [-0.25, -0.2) is 4.68 Å². The van der Waals surface area contributed by atoms with Gasteiger partial charge in [-0.2, -0.15) is 0 Å². The Morgan fingerprint density at radius 3 is 2.60 bits per heavy atom. The molecule has 7 heteroatoms. The second-order valence-electron chi connectivity index (χ2n) is 4.83. The van der Waals surface area contributed by atoms with Gasteiger partial charge < -0.3 is 5.32 Å². The van der Waals surface area contributed by atoms with Gasteiger partial charge in [-0.1, -0.05) is 0 Å². The molecular weight excluding hydrogens is 256 g/mol. The standard InChI is InChI=1S/C13H16N6O/c20-13(9-18-7-1-2-8-18)15-11-3-5-12(6-4-11)19-10-14-16-17-19/h3-6,10H,1-2,7-9H2,(H,15,20). The molecule has 0 aliphatic carbocycles. The number of anilines is 1. The van der Waals surface area contributed by atoms with Gasteiger partial charge in [0.15, 0.2) is 0 Å². The zero-order chi connectivity index (χ0) is 13.8. The van der Waals surface area contributed by atoms with Crippen LogP contribution in [0.1, 0.15) is 12.8 Å². The minimum atomic E-state index is 0.0297. The van der Waals surface area contributed by atoms with Crippen LogP contribution in [0, 0.1) is 0 Å². The molecule has 7 nitrogen and oxygen atoms in total. The highest BCUT2D eigenvalue weighted by Gasteiger charge is 2.14. The first-order valence-electron chi connectivity index (χ1n) is 6.67. The molecule has 1 aromatic heterocycles. The normalized spacial score (nSPS) is 15.4. The lowest BCUT2D eigenvalue weighted by molar-refractivity contribution is -0.117. The van der Waals surface area contributed by atoms with E-state index in [0.717, 1.165) is 24.5 Å². The zero-order valence-electron chi connectivity index (χ0n) is 11.1. The van der Waals surface area contributed by atoms with Crippen molar-refractivity contribution in [3.05, 3.63) is 30.6 Å². The van der Waals surface area contributed by atoms with E-state index >= 15 is 0 Å². The van der Waals surface area contributed by atoms with E-state index in [0.29, 0.717) is 6.54 Å². The van der Waals surface area contributed by atoms with Crippen LogP contribution in [-0.4, -0.2) is 50.6 Å². The molecule has 0 unspecified atom stereocenters. The monoisotopic (exact) mass is 272 g/mol. The number of benzene rings is 1. The van der Waals surface area contributed by atoms with E-state index in [-0.39, 0.29) is 5.91 Å². The number of nitrogens with one attached hydrogen (secondary N) is 1. The summed E-state index contributed by atoms with van der Waals surface area (Å²) in [5.41, 5.74) is 1.64. The van der Waals surface area contributed by atoms with E-state index in [2.05, 4.69) is 25.7 Å².